The summed E-state index contributed by atoms with van der Waals surface area (Å²) in [6, 6.07) is 9.65. The van der Waals surface area contributed by atoms with E-state index in [2.05, 4.69) is 5.32 Å². The van der Waals surface area contributed by atoms with Crippen LogP contribution in [-0.4, -0.2) is 13.0 Å². The van der Waals surface area contributed by atoms with E-state index in [1.807, 2.05) is 0 Å². The molecule has 0 saturated carbocycles. The lowest BCUT2D eigenvalue weighted by atomic mass is 10.2. The third-order valence-electron chi connectivity index (χ3n) is 2.68. The van der Waals surface area contributed by atoms with Gasteiger partial charge < -0.3 is 15.8 Å². The predicted molar refractivity (Wildman–Crippen MR) is 81.8 cm³/mol. The first-order valence-corrected chi connectivity index (χ1v) is 6.47. The molecule has 0 aromatic heterocycles. The van der Waals surface area contributed by atoms with Gasteiger partial charge in [0.05, 0.1) is 28.5 Å². The average Bonchev–Trinajstić information content (AvgIpc) is 2.44. The monoisotopic (exact) mass is 310 g/mol. The first-order chi connectivity index (χ1) is 9.51. The molecule has 6 heteroatoms. The fraction of sp³-hybridized carbons (Fsp3) is 0.0714. The van der Waals surface area contributed by atoms with E-state index >= 15 is 0 Å². The summed E-state index contributed by atoms with van der Waals surface area (Å²) < 4.78 is 5.08. The van der Waals surface area contributed by atoms with Crippen molar-refractivity contribution in [2.24, 2.45) is 0 Å². The highest BCUT2D eigenvalue weighted by molar-refractivity contribution is 6.34. The molecule has 0 aliphatic heterocycles. The number of halogens is 2. The van der Waals surface area contributed by atoms with Crippen LogP contribution in [0.5, 0.6) is 5.75 Å². The summed E-state index contributed by atoms with van der Waals surface area (Å²) in [6.07, 6.45) is 0. The molecule has 0 saturated heterocycles. The maximum absolute atomic E-state index is 12.1. The fourth-order valence-electron chi connectivity index (χ4n) is 1.61. The molecule has 2 aromatic carbocycles. The van der Waals surface area contributed by atoms with Gasteiger partial charge in [-0.15, -0.1) is 0 Å². The van der Waals surface area contributed by atoms with E-state index in [1.54, 1.807) is 30.3 Å². The van der Waals surface area contributed by atoms with Crippen molar-refractivity contribution >= 4 is 40.5 Å². The molecule has 20 heavy (non-hydrogen) atoms. The summed E-state index contributed by atoms with van der Waals surface area (Å²) in [7, 11) is 1.54. The molecule has 104 valence electrons. The molecule has 2 rings (SSSR count). The van der Waals surface area contributed by atoms with Crippen molar-refractivity contribution in [3.63, 3.8) is 0 Å². The summed E-state index contributed by atoms with van der Waals surface area (Å²) in [5.41, 5.74) is 6.87. The van der Waals surface area contributed by atoms with E-state index in [0.717, 1.165) is 0 Å². The summed E-state index contributed by atoms with van der Waals surface area (Å²) in [5, 5.41) is 3.52. The minimum absolute atomic E-state index is 0.330. The van der Waals surface area contributed by atoms with Gasteiger partial charge in [0.1, 0.15) is 5.75 Å². The van der Waals surface area contributed by atoms with Crippen LogP contribution in [0.15, 0.2) is 36.4 Å². The standard InChI is InChI=1S/C14H12Cl2N2O2/c1-20-9-3-5-11(16)13(7-9)18-14(19)8-2-4-10(15)12(17)6-8/h2-7H,17H2,1H3,(H,18,19). The molecule has 3 N–H and O–H groups in total. The van der Waals surface area contributed by atoms with E-state index < -0.39 is 0 Å². The zero-order valence-electron chi connectivity index (χ0n) is 10.6. The zero-order chi connectivity index (χ0) is 14.7. The number of nitrogens with two attached hydrogens (primary N) is 1. The number of carbonyl (C=O) groups is 1. The minimum atomic E-state index is -0.330. The van der Waals surface area contributed by atoms with E-state index in [-0.39, 0.29) is 5.91 Å². The number of rotatable bonds is 3. The van der Waals surface area contributed by atoms with Crippen LogP contribution in [0.3, 0.4) is 0 Å². The molecule has 1 amide bonds. The highest BCUT2D eigenvalue weighted by atomic mass is 35.5. The Morgan fingerprint density at radius 3 is 2.50 bits per heavy atom. The Hall–Kier alpha value is -1.91. The highest BCUT2D eigenvalue weighted by Crippen LogP contribution is 2.27. The SMILES string of the molecule is COc1ccc(Cl)c(NC(=O)c2ccc(Cl)c(N)c2)c1. The van der Waals surface area contributed by atoms with Gasteiger partial charge in [0.15, 0.2) is 0 Å². The highest BCUT2D eigenvalue weighted by Gasteiger charge is 2.10. The van der Waals surface area contributed by atoms with Gasteiger partial charge in [-0.25, -0.2) is 0 Å². The fourth-order valence-corrected chi connectivity index (χ4v) is 1.89. The smallest absolute Gasteiger partial charge is 0.255 e. The second kappa shape index (κ2) is 6.03. The minimum Gasteiger partial charge on any atom is -0.497 e. The first-order valence-electron chi connectivity index (χ1n) is 5.71. The van der Waals surface area contributed by atoms with E-state index in [4.69, 9.17) is 33.7 Å². The topological polar surface area (TPSA) is 64.3 Å². The third-order valence-corrected chi connectivity index (χ3v) is 3.35. The number of methoxy groups -OCH3 is 1. The largest absolute Gasteiger partial charge is 0.497 e. The molecule has 0 aliphatic rings. The molecule has 0 heterocycles. The van der Waals surface area contributed by atoms with Gasteiger partial charge in [0.2, 0.25) is 0 Å². The van der Waals surface area contributed by atoms with Crippen molar-refractivity contribution in [3.05, 3.63) is 52.0 Å². The summed E-state index contributed by atoms with van der Waals surface area (Å²) in [6.45, 7) is 0. The number of benzene rings is 2. The number of ether oxygens (including phenoxy) is 1. The molecular weight excluding hydrogens is 299 g/mol. The molecule has 2 aromatic rings. The molecule has 0 radical (unpaired) electrons. The van der Waals surface area contributed by atoms with Crippen LogP contribution >= 0.6 is 23.2 Å². The van der Waals surface area contributed by atoms with Crippen LogP contribution in [0.25, 0.3) is 0 Å². The number of hydrogen-bond acceptors (Lipinski definition) is 3. The summed E-state index contributed by atoms with van der Waals surface area (Å²) in [4.78, 5) is 12.1. The number of amides is 1. The third kappa shape index (κ3) is 3.15. The zero-order valence-corrected chi connectivity index (χ0v) is 12.1. The first kappa shape index (κ1) is 14.5. The summed E-state index contributed by atoms with van der Waals surface area (Å²) >= 11 is 11.8. The van der Waals surface area contributed by atoms with Crippen LogP contribution in [0, 0.1) is 0 Å². The van der Waals surface area contributed by atoms with Crippen LogP contribution in [0.2, 0.25) is 10.0 Å². The van der Waals surface area contributed by atoms with Crippen molar-refractivity contribution in [1.82, 2.24) is 0 Å². The van der Waals surface area contributed by atoms with Crippen molar-refractivity contribution in [2.75, 3.05) is 18.2 Å². The van der Waals surface area contributed by atoms with E-state index in [0.29, 0.717) is 32.7 Å². The normalized spacial score (nSPS) is 10.2. The number of hydrogen-bond donors (Lipinski definition) is 2. The van der Waals surface area contributed by atoms with Gasteiger partial charge in [-0.3, -0.25) is 4.79 Å². The Morgan fingerprint density at radius 2 is 1.85 bits per heavy atom. The average molecular weight is 311 g/mol. The lowest BCUT2D eigenvalue weighted by Crippen LogP contribution is -2.12. The van der Waals surface area contributed by atoms with Crippen LogP contribution in [0.1, 0.15) is 10.4 Å². The molecule has 0 fully saturated rings. The van der Waals surface area contributed by atoms with Crippen LogP contribution in [-0.2, 0) is 0 Å². The Kier molecular flexibility index (Phi) is 4.37. The Morgan fingerprint density at radius 1 is 1.15 bits per heavy atom. The number of carbonyl (C=O) groups excluding carboxylic acids is 1. The molecule has 0 unspecified atom stereocenters. The molecular formula is C14H12Cl2N2O2. The Bertz CT molecular complexity index is 660. The number of nitrogen functional groups attached to an aromatic ring is 1. The van der Waals surface area contributed by atoms with Gasteiger partial charge in [-0.05, 0) is 30.3 Å². The van der Waals surface area contributed by atoms with Crippen molar-refractivity contribution in [3.8, 4) is 5.75 Å². The second-order valence-corrected chi connectivity index (χ2v) is 4.85. The maximum atomic E-state index is 12.1. The maximum Gasteiger partial charge on any atom is 0.255 e. The van der Waals surface area contributed by atoms with E-state index in [1.165, 1.54) is 13.2 Å². The molecule has 0 bridgehead atoms. The van der Waals surface area contributed by atoms with Crippen molar-refractivity contribution in [1.29, 1.82) is 0 Å². The van der Waals surface area contributed by atoms with Gasteiger partial charge in [-0.1, -0.05) is 23.2 Å². The number of anilines is 2. The van der Waals surface area contributed by atoms with Gasteiger partial charge in [0.25, 0.3) is 5.91 Å². The van der Waals surface area contributed by atoms with Gasteiger partial charge in [-0.2, -0.15) is 0 Å². The molecule has 0 spiro atoms. The Balaban J connectivity index is 2.25. The van der Waals surface area contributed by atoms with E-state index in [9.17, 15) is 4.79 Å². The lowest BCUT2D eigenvalue weighted by Gasteiger charge is -2.09. The quantitative estimate of drug-likeness (QED) is 0.847. The van der Waals surface area contributed by atoms with Crippen LogP contribution < -0.4 is 15.8 Å². The van der Waals surface area contributed by atoms with Crippen LogP contribution in [0.4, 0.5) is 11.4 Å². The molecule has 4 nitrogen and oxygen atoms in total. The molecule has 0 atom stereocenters. The second-order valence-electron chi connectivity index (χ2n) is 4.04. The van der Waals surface area contributed by atoms with Crippen molar-refractivity contribution in [2.45, 2.75) is 0 Å². The van der Waals surface area contributed by atoms with Gasteiger partial charge >= 0.3 is 0 Å². The lowest BCUT2D eigenvalue weighted by molar-refractivity contribution is 0.102. The summed E-state index contributed by atoms with van der Waals surface area (Å²) in [5.74, 6) is 0.267. The predicted octanol–water partition coefficient (Wildman–Crippen LogP) is 3.84. The Labute approximate surface area is 126 Å². The number of nitrogens with one attached hydrogen (secondary N) is 1. The van der Waals surface area contributed by atoms with Gasteiger partial charge in [0, 0.05) is 11.6 Å². The van der Waals surface area contributed by atoms with Crippen molar-refractivity contribution < 1.29 is 9.53 Å². The molecule has 0 aliphatic carbocycles.